The molecule has 2 aromatic rings. The van der Waals surface area contributed by atoms with Crippen LogP contribution in [0.2, 0.25) is 0 Å². The van der Waals surface area contributed by atoms with E-state index >= 15 is 0 Å². The summed E-state index contributed by atoms with van der Waals surface area (Å²) in [5.74, 6) is 0.289. The Labute approximate surface area is 153 Å². The Morgan fingerprint density at radius 2 is 1.96 bits per heavy atom. The molecule has 0 saturated heterocycles. The van der Waals surface area contributed by atoms with Crippen LogP contribution in [0.1, 0.15) is 23.2 Å². The van der Waals surface area contributed by atoms with Gasteiger partial charge in [0.2, 0.25) is 0 Å². The lowest BCUT2D eigenvalue weighted by atomic mass is 10.1. The highest BCUT2D eigenvalue weighted by Gasteiger charge is 2.33. The van der Waals surface area contributed by atoms with Gasteiger partial charge in [-0.2, -0.15) is 13.2 Å². The predicted octanol–water partition coefficient (Wildman–Crippen LogP) is 3.64. The lowest BCUT2D eigenvalue weighted by molar-refractivity contribution is -0.140. The van der Waals surface area contributed by atoms with E-state index in [0.717, 1.165) is 16.7 Å². The van der Waals surface area contributed by atoms with Crippen LogP contribution in [0.3, 0.4) is 0 Å². The first-order valence-electron chi connectivity index (χ1n) is 8.17. The van der Waals surface area contributed by atoms with Crippen molar-refractivity contribution in [3.05, 3.63) is 51.7 Å². The third-order valence-electron chi connectivity index (χ3n) is 3.43. The Morgan fingerprint density at radius 3 is 2.62 bits per heavy atom. The van der Waals surface area contributed by atoms with E-state index in [1.807, 2.05) is 6.92 Å². The van der Waals surface area contributed by atoms with E-state index < -0.39 is 11.9 Å². The number of hydrogen-bond acceptors (Lipinski definition) is 3. The number of aromatic nitrogens is 1. The number of rotatable bonds is 7. The Kier molecular flexibility index (Phi) is 7.38. The largest absolute Gasteiger partial charge is 0.434 e. The zero-order valence-corrected chi connectivity index (χ0v) is 15.1. The van der Waals surface area contributed by atoms with Gasteiger partial charge in [0, 0.05) is 31.4 Å². The SMILES string of the molecule is CCNC(=NCCc1nc(C(F)(F)F)cs1)NCCc1ccccc1F. The zero-order valence-electron chi connectivity index (χ0n) is 14.2. The minimum absolute atomic E-state index is 0.250. The quantitative estimate of drug-likeness (QED) is 0.433. The fourth-order valence-electron chi connectivity index (χ4n) is 2.18. The number of nitrogens with zero attached hydrogens (tertiary/aromatic N) is 2. The Balaban J connectivity index is 1.84. The lowest BCUT2D eigenvalue weighted by Crippen LogP contribution is -2.38. The molecule has 0 bridgehead atoms. The lowest BCUT2D eigenvalue weighted by Gasteiger charge is -2.11. The molecule has 0 fully saturated rings. The van der Waals surface area contributed by atoms with Crippen molar-refractivity contribution in [2.45, 2.75) is 25.9 Å². The molecule has 0 aliphatic carbocycles. The van der Waals surface area contributed by atoms with Crippen molar-refractivity contribution in [1.82, 2.24) is 15.6 Å². The first-order chi connectivity index (χ1) is 12.4. The highest BCUT2D eigenvalue weighted by Crippen LogP contribution is 2.30. The molecule has 0 spiro atoms. The number of aliphatic imine (C=N–C) groups is 1. The molecule has 0 aliphatic heterocycles. The van der Waals surface area contributed by atoms with E-state index in [1.165, 1.54) is 6.07 Å². The summed E-state index contributed by atoms with van der Waals surface area (Å²) in [7, 11) is 0. The molecule has 4 nitrogen and oxygen atoms in total. The molecule has 26 heavy (non-hydrogen) atoms. The predicted molar refractivity (Wildman–Crippen MR) is 94.9 cm³/mol. The molecular formula is C17H20F4N4S. The molecule has 0 atom stereocenters. The van der Waals surface area contributed by atoms with Crippen LogP contribution in [0.25, 0.3) is 0 Å². The van der Waals surface area contributed by atoms with Gasteiger partial charge in [0.05, 0.1) is 5.01 Å². The molecule has 1 heterocycles. The summed E-state index contributed by atoms with van der Waals surface area (Å²) in [6.07, 6.45) is -3.59. The van der Waals surface area contributed by atoms with Crippen molar-refractivity contribution in [2.24, 2.45) is 4.99 Å². The van der Waals surface area contributed by atoms with Gasteiger partial charge in [-0.15, -0.1) is 11.3 Å². The summed E-state index contributed by atoms with van der Waals surface area (Å²) < 4.78 is 51.2. The van der Waals surface area contributed by atoms with E-state index in [1.54, 1.807) is 18.2 Å². The maximum absolute atomic E-state index is 13.6. The van der Waals surface area contributed by atoms with Crippen LogP contribution in [-0.4, -0.2) is 30.6 Å². The number of halogens is 4. The summed E-state index contributed by atoms with van der Waals surface area (Å²) in [5.41, 5.74) is -0.255. The topological polar surface area (TPSA) is 49.3 Å². The van der Waals surface area contributed by atoms with Crippen LogP contribution in [0, 0.1) is 5.82 Å². The zero-order chi connectivity index (χ0) is 19.0. The minimum atomic E-state index is -4.42. The van der Waals surface area contributed by atoms with Crippen LogP contribution in [0.5, 0.6) is 0 Å². The highest BCUT2D eigenvalue weighted by atomic mass is 32.1. The fourth-order valence-corrected chi connectivity index (χ4v) is 2.97. The van der Waals surface area contributed by atoms with Gasteiger partial charge in [0.1, 0.15) is 5.82 Å². The molecular weight excluding hydrogens is 368 g/mol. The molecule has 0 unspecified atom stereocenters. The third kappa shape index (κ3) is 6.29. The summed E-state index contributed by atoms with van der Waals surface area (Å²) in [6.45, 7) is 3.34. The van der Waals surface area contributed by atoms with Gasteiger partial charge in [0.25, 0.3) is 0 Å². The van der Waals surface area contributed by atoms with Gasteiger partial charge in [-0.1, -0.05) is 18.2 Å². The number of thiazole rings is 1. The fraction of sp³-hybridized carbons (Fsp3) is 0.412. The van der Waals surface area contributed by atoms with Crippen molar-refractivity contribution in [3.63, 3.8) is 0 Å². The normalized spacial score (nSPS) is 12.3. The Hall–Kier alpha value is -2.16. The first-order valence-corrected chi connectivity index (χ1v) is 9.05. The Bertz CT molecular complexity index is 728. The summed E-state index contributed by atoms with van der Waals surface area (Å²) in [4.78, 5) is 7.90. The van der Waals surface area contributed by atoms with E-state index in [0.29, 0.717) is 49.0 Å². The molecule has 9 heteroatoms. The molecule has 2 N–H and O–H groups in total. The first kappa shape index (κ1) is 20.2. The van der Waals surface area contributed by atoms with Gasteiger partial charge < -0.3 is 10.6 Å². The average Bonchev–Trinajstić information content (AvgIpc) is 3.06. The maximum Gasteiger partial charge on any atom is 0.434 e. The molecule has 0 saturated carbocycles. The van der Waals surface area contributed by atoms with Crippen LogP contribution in [0.15, 0.2) is 34.6 Å². The van der Waals surface area contributed by atoms with E-state index in [4.69, 9.17) is 0 Å². The monoisotopic (exact) mass is 388 g/mol. The summed E-state index contributed by atoms with van der Waals surface area (Å²) >= 11 is 0.975. The number of alkyl halides is 3. The van der Waals surface area contributed by atoms with Crippen molar-refractivity contribution in [3.8, 4) is 0 Å². The van der Waals surface area contributed by atoms with Gasteiger partial charge in [-0.25, -0.2) is 9.37 Å². The van der Waals surface area contributed by atoms with Crippen LogP contribution < -0.4 is 10.6 Å². The van der Waals surface area contributed by atoms with E-state index in [9.17, 15) is 17.6 Å². The van der Waals surface area contributed by atoms with Crippen molar-refractivity contribution in [2.75, 3.05) is 19.6 Å². The Morgan fingerprint density at radius 1 is 1.19 bits per heavy atom. The van der Waals surface area contributed by atoms with Crippen molar-refractivity contribution >= 4 is 17.3 Å². The van der Waals surface area contributed by atoms with Crippen LogP contribution in [0.4, 0.5) is 17.6 Å². The number of hydrogen-bond donors (Lipinski definition) is 2. The molecule has 1 aromatic carbocycles. The smallest absolute Gasteiger partial charge is 0.357 e. The maximum atomic E-state index is 13.6. The van der Waals surface area contributed by atoms with Gasteiger partial charge in [-0.05, 0) is 25.0 Å². The highest BCUT2D eigenvalue weighted by molar-refractivity contribution is 7.09. The number of guanidine groups is 1. The standard InChI is InChI=1S/C17H20F4N4S/c1-2-22-16(23-9-7-12-5-3-4-6-13(12)18)24-10-8-15-25-14(11-26-15)17(19,20)21/h3-6,11H,2,7-10H2,1H3,(H2,22,23,24). The van der Waals surface area contributed by atoms with Gasteiger partial charge >= 0.3 is 6.18 Å². The second-order valence-corrected chi connectivity index (χ2v) is 6.35. The molecule has 142 valence electrons. The minimum Gasteiger partial charge on any atom is -0.357 e. The number of benzene rings is 1. The average molecular weight is 388 g/mol. The van der Waals surface area contributed by atoms with Gasteiger partial charge in [0.15, 0.2) is 11.7 Å². The van der Waals surface area contributed by atoms with Crippen molar-refractivity contribution < 1.29 is 17.6 Å². The van der Waals surface area contributed by atoms with Gasteiger partial charge in [-0.3, -0.25) is 4.99 Å². The second-order valence-electron chi connectivity index (χ2n) is 5.40. The molecule has 2 rings (SSSR count). The molecule has 0 aliphatic rings. The summed E-state index contributed by atoms with van der Waals surface area (Å²) in [5, 5.41) is 7.54. The second kappa shape index (κ2) is 9.51. The van der Waals surface area contributed by atoms with E-state index in [2.05, 4.69) is 20.6 Å². The molecule has 1 aromatic heterocycles. The van der Waals surface area contributed by atoms with Crippen LogP contribution in [-0.2, 0) is 19.0 Å². The van der Waals surface area contributed by atoms with Crippen LogP contribution >= 0.6 is 11.3 Å². The third-order valence-corrected chi connectivity index (χ3v) is 4.34. The molecule has 0 radical (unpaired) electrons. The number of nitrogens with one attached hydrogen (secondary N) is 2. The molecule has 0 amide bonds. The summed E-state index contributed by atoms with van der Waals surface area (Å²) in [6, 6.07) is 6.56. The van der Waals surface area contributed by atoms with Crippen molar-refractivity contribution in [1.29, 1.82) is 0 Å². The van der Waals surface area contributed by atoms with E-state index in [-0.39, 0.29) is 5.82 Å².